The number of carbonyl (C=O) groups is 1. The number of hydrogen-bond donors (Lipinski definition) is 0. The van der Waals surface area contributed by atoms with Gasteiger partial charge in [0.2, 0.25) is 5.91 Å². The van der Waals surface area contributed by atoms with E-state index in [1.165, 1.54) is 16.5 Å². The lowest BCUT2D eigenvalue weighted by atomic mass is 10.1. The molecule has 1 amide bonds. The van der Waals surface area contributed by atoms with Crippen LogP contribution in [-0.2, 0) is 17.9 Å². The Kier molecular flexibility index (Phi) is 4.99. The predicted octanol–water partition coefficient (Wildman–Crippen LogP) is 3.13. The van der Waals surface area contributed by atoms with Gasteiger partial charge in [0.25, 0.3) is 5.56 Å². The Morgan fingerprint density at radius 3 is 2.64 bits per heavy atom. The Bertz CT molecular complexity index is 980. The van der Waals surface area contributed by atoms with Crippen LogP contribution in [0.25, 0.3) is 10.9 Å². The normalized spacial score (nSPS) is 10.8. The van der Waals surface area contributed by atoms with Gasteiger partial charge in [-0.05, 0) is 30.7 Å². The summed E-state index contributed by atoms with van der Waals surface area (Å²) in [5.74, 6) is -0.140. The lowest BCUT2D eigenvalue weighted by molar-refractivity contribution is -0.131. The number of rotatable bonds is 4. The number of fused-ring (bicyclic) bond motifs is 1. The van der Waals surface area contributed by atoms with Crippen molar-refractivity contribution in [2.75, 3.05) is 7.05 Å². The molecule has 0 unspecified atom stereocenters. The number of aryl methyl sites for hydroxylation is 1. The average molecular weight is 400 g/mol. The molecular weight excluding hydrogens is 382 g/mol. The van der Waals surface area contributed by atoms with E-state index >= 15 is 0 Å². The number of nitrogens with zero attached hydrogens (tertiary/aromatic N) is 3. The number of aromatic nitrogens is 2. The van der Waals surface area contributed by atoms with Crippen molar-refractivity contribution in [1.82, 2.24) is 14.5 Å². The van der Waals surface area contributed by atoms with Crippen LogP contribution in [0.5, 0.6) is 0 Å². The van der Waals surface area contributed by atoms with Gasteiger partial charge in [-0.2, -0.15) is 0 Å². The molecule has 0 aliphatic heterocycles. The van der Waals surface area contributed by atoms with Gasteiger partial charge in [0.15, 0.2) is 0 Å². The zero-order chi connectivity index (χ0) is 18.0. The molecule has 0 N–H and O–H groups in total. The Hall–Kier alpha value is -2.47. The fourth-order valence-electron chi connectivity index (χ4n) is 2.57. The highest BCUT2D eigenvalue weighted by molar-refractivity contribution is 9.10. The first-order chi connectivity index (χ1) is 11.9. The zero-order valence-electron chi connectivity index (χ0n) is 14.1. The number of halogens is 1. The van der Waals surface area contributed by atoms with Gasteiger partial charge in [-0.1, -0.05) is 45.8 Å². The van der Waals surface area contributed by atoms with Crippen LogP contribution in [0.2, 0.25) is 0 Å². The Labute approximate surface area is 154 Å². The summed E-state index contributed by atoms with van der Waals surface area (Å²) in [5, 5.41) is 0.492. The Balaban J connectivity index is 1.78. The fourth-order valence-corrected chi connectivity index (χ4v) is 2.93. The van der Waals surface area contributed by atoms with Gasteiger partial charge >= 0.3 is 0 Å². The van der Waals surface area contributed by atoms with E-state index in [-0.39, 0.29) is 18.0 Å². The standard InChI is InChI=1S/C19H18BrN3O2/c1-13-3-5-14(6-4-13)10-22(2)18(24)11-23-12-21-17-8-7-15(20)9-16(17)19(23)25/h3-9,12H,10-11H2,1-2H3. The second kappa shape index (κ2) is 7.19. The third kappa shape index (κ3) is 3.96. The first kappa shape index (κ1) is 17.4. The van der Waals surface area contributed by atoms with E-state index in [9.17, 15) is 9.59 Å². The van der Waals surface area contributed by atoms with Crippen LogP contribution in [0.3, 0.4) is 0 Å². The van der Waals surface area contributed by atoms with Gasteiger partial charge < -0.3 is 4.90 Å². The first-order valence-corrected chi connectivity index (χ1v) is 8.67. The second-order valence-electron chi connectivity index (χ2n) is 6.07. The average Bonchev–Trinajstić information content (AvgIpc) is 2.59. The summed E-state index contributed by atoms with van der Waals surface area (Å²) in [5.41, 5.74) is 2.63. The number of benzene rings is 2. The fraction of sp³-hybridized carbons (Fsp3) is 0.211. The minimum absolute atomic E-state index is 0.0311. The van der Waals surface area contributed by atoms with Crippen molar-refractivity contribution in [3.63, 3.8) is 0 Å². The number of amides is 1. The van der Waals surface area contributed by atoms with E-state index in [1.54, 1.807) is 24.1 Å². The van der Waals surface area contributed by atoms with E-state index in [1.807, 2.05) is 37.3 Å². The van der Waals surface area contributed by atoms with Crippen molar-refractivity contribution >= 4 is 32.7 Å². The monoisotopic (exact) mass is 399 g/mol. The molecule has 128 valence electrons. The number of hydrogen-bond acceptors (Lipinski definition) is 3. The highest BCUT2D eigenvalue weighted by Crippen LogP contribution is 2.15. The van der Waals surface area contributed by atoms with E-state index in [0.29, 0.717) is 17.4 Å². The molecule has 6 heteroatoms. The van der Waals surface area contributed by atoms with E-state index < -0.39 is 0 Å². The van der Waals surface area contributed by atoms with Crippen LogP contribution >= 0.6 is 15.9 Å². The van der Waals surface area contributed by atoms with Crippen LogP contribution in [0.15, 0.2) is 58.1 Å². The summed E-state index contributed by atoms with van der Waals surface area (Å²) in [4.78, 5) is 30.9. The maximum absolute atomic E-state index is 12.6. The van der Waals surface area contributed by atoms with Crippen molar-refractivity contribution in [1.29, 1.82) is 0 Å². The quantitative estimate of drug-likeness (QED) is 0.676. The van der Waals surface area contributed by atoms with Crippen LogP contribution in [-0.4, -0.2) is 27.4 Å². The molecule has 2 aromatic carbocycles. The molecule has 0 atom stereocenters. The van der Waals surface area contributed by atoms with Crippen LogP contribution in [0, 0.1) is 6.92 Å². The third-order valence-corrected chi connectivity index (χ3v) is 4.55. The molecule has 3 rings (SSSR count). The molecule has 1 heterocycles. The van der Waals surface area contributed by atoms with Crippen LogP contribution in [0.4, 0.5) is 0 Å². The van der Waals surface area contributed by atoms with Crippen LogP contribution in [0.1, 0.15) is 11.1 Å². The van der Waals surface area contributed by atoms with E-state index in [4.69, 9.17) is 0 Å². The largest absolute Gasteiger partial charge is 0.340 e. The molecule has 0 aliphatic rings. The molecule has 0 radical (unpaired) electrons. The van der Waals surface area contributed by atoms with Crippen molar-refractivity contribution in [2.24, 2.45) is 0 Å². The van der Waals surface area contributed by atoms with Crippen LogP contribution < -0.4 is 5.56 Å². The zero-order valence-corrected chi connectivity index (χ0v) is 15.7. The van der Waals surface area contributed by atoms with Gasteiger partial charge in [0, 0.05) is 18.1 Å². The summed E-state index contributed by atoms with van der Waals surface area (Å²) in [6, 6.07) is 13.4. The molecule has 0 spiro atoms. The minimum Gasteiger partial charge on any atom is -0.340 e. The van der Waals surface area contributed by atoms with Gasteiger partial charge in [-0.3, -0.25) is 14.2 Å². The summed E-state index contributed by atoms with van der Waals surface area (Å²) in [6.07, 6.45) is 1.43. The lowest BCUT2D eigenvalue weighted by Gasteiger charge is -2.18. The topological polar surface area (TPSA) is 55.2 Å². The van der Waals surface area contributed by atoms with Gasteiger partial charge in [0.05, 0.1) is 17.2 Å². The minimum atomic E-state index is -0.219. The predicted molar refractivity (Wildman–Crippen MR) is 101 cm³/mol. The van der Waals surface area contributed by atoms with E-state index in [0.717, 1.165) is 10.0 Å². The molecule has 3 aromatic rings. The molecule has 0 saturated carbocycles. The summed E-state index contributed by atoms with van der Waals surface area (Å²) in [6.45, 7) is 2.49. The van der Waals surface area contributed by atoms with Gasteiger partial charge in [0.1, 0.15) is 6.54 Å². The molecular formula is C19H18BrN3O2. The lowest BCUT2D eigenvalue weighted by Crippen LogP contribution is -2.33. The Morgan fingerprint density at radius 2 is 1.92 bits per heavy atom. The first-order valence-electron chi connectivity index (χ1n) is 7.88. The highest BCUT2D eigenvalue weighted by Gasteiger charge is 2.13. The second-order valence-corrected chi connectivity index (χ2v) is 6.99. The highest BCUT2D eigenvalue weighted by atomic mass is 79.9. The van der Waals surface area contributed by atoms with Crippen molar-refractivity contribution in [2.45, 2.75) is 20.0 Å². The third-order valence-electron chi connectivity index (χ3n) is 4.06. The SMILES string of the molecule is Cc1ccc(CN(C)C(=O)Cn2cnc3ccc(Br)cc3c2=O)cc1. The maximum atomic E-state index is 12.6. The summed E-state index contributed by atoms with van der Waals surface area (Å²) >= 11 is 3.36. The van der Waals surface area contributed by atoms with Crippen molar-refractivity contribution in [3.8, 4) is 0 Å². The molecule has 0 bridgehead atoms. The molecule has 25 heavy (non-hydrogen) atoms. The molecule has 0 aliphatic carbocycles. The molecule has 5 nitrogen and oxygen atoms in total. The smallest absolute Gasteiger partial charge is 0.261 e. The van der Waals surface area contributed by atoms with E-state index in [2.05, 4.69) is 20.9 Å². The van der Waals surface area contributed by atoms with Crippen molar-refractivity contribution < 1.29 is 4.79 Å². The van der Waals surface area contributed by atoms with Gasteiger partial charge in [-0.25, -0.2) is 4.98 Å². The van der Waals surface area contributed by atoms with Crippen molar-refractivity contribution in [3.05, 3.63) is 74.7 Å². The maximum Gasteiger partial charge on any atom is 0.261 e. The number of carbonyl (C=O) groups excluding carboxylic acids is 1. The Morgan fingerprint density at radius 1 is 1.20 bits per heavy atom. The summed E-state index contributed by atoms with van der Waals surface area (Å²) < 4.78 is 2.16. The molecule has 0 fully saturated rings. The summed E-state index contributed by atoms with van der Waals surface area (Å²) in [7, 11) is 1.73. The van der Waals surface area contributed by atoms with Gasteiger partial charge in [-0.15, -0.1) is 0 Å². The molecule has 0 saturated heterocycles. The number of likely N-dealkylation sites (N-methyl/N-ethyl adjacent to an activating group) is 1. The molecule has 1 aromatic heterocycles.